The van der Waals surface area contributed by atoms with Crippen LogP contribution in [0.5, 0.6) is 0 Å². The zero-order valence-electron chi connectivity index (χ0n) is 17.7. The van der Waals surface area contributed by atoms with Gasteiger partial charge in [-0.25, -0.2) is 9.36 Å². The van der Waals surface area contributed by atoms with E-state index in [1.807, 2.05) is 61.9 Å². The lowest BCUT2D eigenvalue weighted by atomic mass is 10.1. The second-order valence-electron chi connectivity index (χ2n) is 8.37. The normalized spacial score (nSPS) is 11.8. The first kappa shape index (κ1) is 19.2. The largest absolute Gasteiger partial charge is 0.338 e. The van der Waals surface area contributed by atoms with Gasteiger partial charge in [-0.3, -0.25) is 9.36 Å². The Balaban J connectivity index is 2.18. The van der Waals surface area contributed by atoms with Gasteiger partial charge in [-0.2, -0.15) is 0 Å². The van der Waals surface area contributed by atoms with Crippen LogP contribution < -0.4 is 11.2 Å². The van der Waals surface area contributed by atoms with Crippen LogP contribution in [0, 0.1) is 19.8 Å². The van der Waals surface area contributed by atoms with Crippen molar-refractivity contribution >= 4 is 21.9 Å². The van der Waals surface area contributed by atoms with Gasteiger partial charge in [-0.1, -0.05) is 43.2 Å². The van der Waals surface area contributed by atoms with E-state index in [-0.39, 0.29) is 11.2 Å². The topological polar surface area (TPSA) is 48.9 Å². The molecule has 0 aliphatic carbocycles. The molecule has 0 unspecified atom stereocenters. The standard InChI is InChI=1S/C24H27N3O2/c1-15(2)12-13-26-21-19-14-17(4)8-11-20(19)25(5)22(21)23(28)27(24(26)29)18-9-6-16(3)7-10-18/h6-11,14-15H,12-13H2,1-5H3. The van der Waals surface area contributed by atoms with E-state index >= 15 is 0 Å². The molecule has 0 saturated carbocycles. The van der Waals surface area contributed by atoms with Crippen LogP contribution in [0.25, 0.3) is 27.6 Å². The molecule has 5 nitrogen and oxygen atoms in total. The molecule has 4 aromatic rings. The number of hydrogen-bond acceptors (Lipinski definition) is 2. The molecule has 4 rings (SSSR count). The summed E-state index contributed by atoms with van der Waals surface area (Å²) in [6.45, 7) is 8.88. The lowest BCUT2D eigenvalue weighted by molar-refractivity contribution is 0.507. The molecule has 0 fully saturated rings. The quantitative estimate of drug-likeness (QED) is 0.522. The molecule has 29 heavy (non-hydrogen) atoms. The number of nitrogens with zero attached hydrogens (tertiary/aromatic N) is 3. The summed E-state index contributed by atoms with van der Waals surface area (Å²) in [5.41, 5.74) is 4.51. The highest BCUT2D eigenvalue weighted by molar-refractivity contribution is 6.06. The number of benzene rings is 2. The molecule has 150 valence electrons. The van der Waals surface area contributed by atoms with Crippen molar-refractivity contribution in [3.63, 3.8) is 0 Å². The van der Waals surface area contributed by atoms with Gasteiger partial charge in [0.2, 0.25) is 0 Å². The Morgan fingerprint density at radius 1 is 0.897 bits per heavy atom. The molecule has 0 N–H and O–H groups in total. The first-order chi connectivity index (χ1) is 13.8. The molecule has 0 atom stereocenters. The molecule has 0 aliphatic heterocycles. The average molecular weight is 389 g/mol. The molecule has 0 radical (unpaired) electrons. The van der Waals surface area contributed by atoms with Crippen LogP contribution in [-0.4, -0.2) is 13.7 Å². The summed E-state index contributed by atoms with van der Waals surface area (Å²) in [6.07, 6.45) is 0.864. The maximum atomic E-state index is 13.6. The van der Waals surface area contributed by atoms with Gasteiger partial charge in [0.1, 0.15) is 5.52 Å². The SMILES string of the molecule is Cc1ccc(-n2c(=O)c3c(c4cc(C)ccc4n3C)n(CCC(C)C)c2=O)cc1. The Morgan fingerprint density at radius 2 is 1.55 bits per heavy atom. The van der Waals surface area contributed by atoms with E-state index in [0.29, 0.717) is 23.7 Å². The van der Waals surface area contributed by atoms with E-state index in [1.54, 1.807) is 4.57 Å². The molecule has 0 bridgehead atoms. The minimum Gasteiger partial charge on any atom is -0.338 e. The van der Waals surface area contributed by atoms with Crippen molar-refractivity contribution in [2.24, 2.45) is 13.0 Å². The summed E-state index contributed by atoms with van der Waals surface area (Å²) >= 11 is 0. The van der Waals surface area contributed by atoms with Gasteiger partial charge < -0.3 is 4.57 Å². The summed E-state index contributed by atoms with van der Waals surface area (Å²) in [4.78, 5) is 27.1. The molecule has 2 aromatic carbocycles. The minimum atomic E-state index is -0.277. The number of aryl methyl sites for hydroxylation is 4. The predicted molar refractivity (Wildman–Crippen MR) is 119 cm³/mol. The Morgan fingerprint density at radius 3 is 2.21 bits per heavy atom. The maximum absolute atomic E-state index is 13.6. The third-order valence-corrected chi connectivity index (χ3v) is 5.65. The molecule has 2 aromatic heterocycles. The molecular formula is C24H27N3O2. The smallest absolute Gasteiger partial charge is 0.336 e. The zero-order chi connectivity index (χ0) is 20.9. The lowest BCUT2D eigenvalue weighted by Gasteiger charge is -2.14. The Labute approximate surface area is 169 Å². The second-order valence-corrected chi connectivity index (χ2v) is 8.37. The van der Waals surface area contributed by atoms with Gasteiger partial charge in [0.25, 0.3) is 5.56 Å². The summed E-state index contributed by atoms with van der Waals surface area (Å²) in [7, 11) is 1.90. The van der Waals surface area contributed by atoms with E-state index in [1.165, 1.54) is 4.57 Å². The third-order valence-electron chi connectivity index (χ3n) is 5.65. The van der Waals surface area contributed by atoms with Gasteiger partial charge >= 0.3 is 5.69 Å². The minimum absolute atomic E-state index is 0.272. The third kappa shape index (κ3) is 3.11. The zero-order valence-corrected chi connectivity index (χ0v) is 17.7. The Bertz CT molecular complexity index is 1340. The Hall–Kier alpha value is -3.08. The van der Waals surface area contributed by atoms with Crippen molar-refractivity contribution in [3.05, 3.63) is 74.4 Å². The molecular weight excluding hydrogens is 362 g/mol. The molecule has 2 heterocycles. The molecule has 0 saturated heterocycles. The fraction of sp³-hybridized carbons (Fsp3) is 0.333. The van der Waals surface area contributed by atoms with Crippen LogP contribution in [0.15, 0.2) is 52.1 Å². The van der Waals surface area contributed by atoms with Crippen LogP contribution in [0.3, 0.4) is 0 Å². The average Bonchev–Trinajstić information content (AvgIpc) is 2.95. The number of aromatic nitrogens is 3. The highest BCUT2D eigenvalue weighted by Gasteiger charge is 2.21. The Kier molecular flexibility index (Phi) is 4.69. The second kappa shape index (κ2) is 7.07. The van der Waals surface area contributed by atoms with Crippen LogP contribution in [-0.2, 0) is 13.6 Å². The first-order valence-corrected chi connectivity index (χ1v) is 10.1. The van der Waals surface area contributed by atoms with Gasteiger partial charge in [0.05, 0.1) is 16.7 Å². The fourth-order valence-corrected chi connectivity index (χ4v) is 3.98. The van der Waals surface area contributed by atoms with Crippen molar-refractivity contribution in [3.8, 4) is 5.69 Å². The molecule has 0 amide bonds. The molecule has 0 aliphatic rings. The highest BCUT2D eigenvalue weighted by atomic mass is 16.2. The summed E-state index contributed by atoms with van der Waals surface area (Å²) in [6, 6.07) is 13.7. The van der Waals surface area contributed by atoms with Crippen molar-refractivity contribution in [1.82, 2.24) is 13.7 Å². The van der Waals surface area contributed by atoms with E-state index in [2.05, 4.69) is 19.9 Å². The van der Waals surface area contributed by atoms with Crippen molar-refractivity contribution < 1.29 is 0 Å². The summed E-state index contributed by atoms with van der Waals surface area (Å²) in [5, 5.41) is 0.955. The van der Waals surface area contributed by atoms with E-state index < -0.39 is 0 Å². The van der Waals surface area contributed by atoms with Crippen LogP contribution in [0.1, 0.15) is 31.4 Å². The fourth-order valence-electron chi connectivity index (χ4n) is 3.98. The van der Waals surface area contributed by atoms with Crippen molar-refractivity contribution in [2.45, 2.75) is 40.7 Å². The first-order valence-electron chi connectivity index (χ1n) is 10.1. The van der Waals surface area contributed by atoms with Gasteiger partial charge in [-0.05, 0) is 50.5 Å². The van der Waals surface area contributed by atoms with Gasteiger partial charge in [0, 0.05) is 19.0 Å². The van der Waals surface area contributed by atoms with Crippen LogP contribution >= 0.6 is 0 Å². The monoisotopic (exact) mass is 389 g/mol. The maximum Gasteiger partial charge on any atom is 0.336 e. The van der Waals surface area contributed by atoms with E-state index in [4.69, 9.17) is 0 Å². The molecule has 0 spiro atoms. The number of fused-ring (bicyclic) bond motifs is 3. The van der Waals surface area contributed by atoms with E-state index in [0.717, 1.165) is 34.0 Å². The number of rotatable bonds is 4. The van der Waals surface area contributed by atoms with Crippen LogP contribution in [0.4, 0.5) is 0 Å². The van der Waals surface area contributed by atoms with Crippen molar-refractivity contribution in [2.75, 3.05) is 0 Å². The van der Waals surface area contributed by atoms with Gasteiger partial charge in [0.15, 0.2) is 0 Å². The van der Waals surface area contributed by atoms with Crippen LogP contribution in [0.2, 0.25) is 0 Å². The predicted octanol–water partition coefficient (Wildman–Crippen LogP) is 4.31. The molecule has 5 heteroatoms. The summed E-state index contributed by atoms with van der Waals surface area (Å²) < 4.78 is 5.02. The summed E-state index contributed by atoms with van der Waals surface area (Å²) in [5.74, 6) is 0.452. The van der Waals surface area contributed by atoms with Crippen molar-refractivity contribution in [1.29, 1.82) is 0 Å². The lowest BCUT2D eigenvalue weighted by Crippen LogP contribution is -2.39. The highest BCUT2D eigenvalue weighted by Crippen LogP contribution is 2.27. The van der Waals surface area contributed by atoms with Gasteiger partial charge in [-0.15, -0.1) is 0 Å². The van der Waals surface area contributed by atoms with E-state index in [9.17, 15) is 9.59 Å². The number of hydrogen-bond donors (Lipinski definition) is 0.